The Hall–Kier alpha value is -2.62. The number of hydrogen-bond donors (Lipinski definition) is 1. The number of ether oxygens (including phenoxy) is 3. The minimum Gasteiger partial charge on any atom is -0.507 e. The van der Waals surface area contributed by atoms with E-state index < -0.39 is 0 Å². The van der Waals surface area contributed by atoms with Gasteiger partial charge in [0, 0.05) is 17.7 Å². The molecule has 0 spiro atoms. The van der Waals surface area contributed by atoms with Gasteiger partial charge in [0.15, 0.2) is 0 Å². The Balaban J connectivity index is 0.00000127. The van der Waals surface area contributed by atoms with Crippen molar-refractivity contribution in [1.29, 1.82) is 0 Å². The summed E-state index contributed by atoms with van der Waals surface area (Å²) in [5, 5.41) is 9.92. The van der Waals surface area contributed by atoms with Gasteiger partial charge < -0.3 is 19.3 Å². The lowest BCUT2D eigenvalue weighted by Crippen LogP contribution is -1.88. The van der Waals surface area contributed by atoms with E-state index in [4.69, 9.17) is 14.2 Å². The Morgan fingerprint density at radius 3 is 1.78 bits per heavy atom. The average Bonchev–Trinajstić information content (AvgIpc) is 2.61. The number of benzene rings is 2. The summed E-state index contributed by atoms with van der Waals surface area (Å²) in [5.41, 5.74) is 1.62. The van der Waals surface area contributed by atoms with Crippen molar-refractivity contribution in [2.45, 2.75) is 13.8 Å². The minimum absolute atomic E-state index is 0.167. The van der Waals surface area contributed by atoms with Crippen molar-refractivity contribution in [3.8, 4) is 23.0 Å². The zero-order chi connectivity index (χ0) is 17.2. The zero-order valence-corrected chi connectivity index (χ0v) is 14.3. The molecule has 0 saturated heterocycles. The van der Waals surface area contributed by atoms with Gasteiger partial charge in [-0.3, -0.25) is 0 Å². The third kappa shape index (κ3) is 5.25. The van der Waals surface area contributed by atoms with Crippen molar-refractivity contribution in [1.82, 2.24) is 0 Å². The van der Waals surface area contributed by atoms with E-state index in [2.05, 4.69) is 0 Å². The molecule has 0 aliphatic heterocycles. The normalized spacial score (nSPS) is 9.96. The van der Waals surface area contributed by atoms with Crippen molar-refractivity contribution in [3.05, 3.63) is 47.5 Å². The fourth-order valence-electron chi connectivity index (χ4n) is 1.90. The quantitative estimate of drug-likeness (QED) is 0.818. The minimum atomic E-state index is 0.167. The summed E-state index contributed by atoms with van der Waals surface area (Å²) in [4.78, 5) is 0. The van der Waals surface area contributed by atoms with Crippen LogP contribution >= 0.6 is 0 Å². The van der Waals surface area contributed by atoms with E-state index in [0.29, 0.717) is 22.8 Å². The number of hydrogen-bond acceptors (Lipinski definition) is 4. The topological polar surface area (TPSA) is 47.9 Å². The van der Waals surface area contributed by atoms with Crippen molar-refractivity contribution in [3.63, 3.8) is 0 Å². The van der Waals surface area contributed by atoms with E-state index in [1.165, 1.54) is 0 Å². The second-order valence-corrected chi connectivity index (χ2v) is 4.40. The van der Waals surface area contributed by atoms with Crippen LogP contribution in [0.2, 0.25) is 0 Å². The summed E-state index contributed by atoms with van der Waals surface area (Å²) in [7, 11) is 4.78. The van der Waals surface area contributed by atoms with Crippen LogP contribution in [0.3, 0.4) is 0 Å². The van der Waals surface area contributed by atoms with Gasteiger partial charge in [0.05, 0.1) is 21.3 Å². The SMILES string of the molecule is CC.COc1cc(/C=C/c2ccc(OC)cc2O)cc(OC)c1. The van der Waals surface area contributed by atoms with Gasteiger partial charge in [0.2, 0.25) is 0 Å². The first kappa shape index (κ1) is 18.4. The maximum atomic E-state index is 9.92. The van der Waals surface area contributed by atoms with Gasteiger partial charge in [-0.1, -0.05) is 26.0 Å². The number of phenols is 1. The van der Waals surface area contributed by atoms with E-state index in [-0.39, 0.29) is 5.75 Å². The molecule has 0 atom stereocenters. The van der Waals surface area contributed by atoms with Gasteiger partial charge in [0.25, 0.3) is 0 Å². The van der Waals surface area contributed by atoms with Gasteiger partial charge in [-0.2, -0.15) is 0 Å². The monoisotopic (exact) mass is 316 g/mol. The van der Waals surface area contributed by atoms with Gasteiger partial charge >= 0.3 is 0 Å². The lowest BCUT2D eigenvalue weighted by Gasteiger charge is -2.06. The van der Waals surface area contributed by atoms with Crippen molar-refractivity contribution >= 4 is 12.2 Å². The summed E-state index contributed by atoms with van der Waals surface area (Å²) in [5.74, 6) is 2.22. The van der Waals surface area contributed by atoms with E-state index in [1.807, 2.05) is 44.2 Å². The predicted octanol–water partition coefficient (Wildman–Crippen LogP) is 4.61. The number of rotatable bonds is 5. The highest BCUT2D eigenvalue weighted by molar-refractivity contribution is 5.74. The fraction of sp³-hybridized carbons (Fsp3) is 0.263. The van der Waals surface area contributed by atoms with Crippen molar-refractivity contribution in [2.75, 3.05) is 21.3 Å². The van der Waals surface area contributed by atoms with E-state index in [1.54, 1.807) is 39.5 Å². The van der Waals surface area contributed by atoms with Crippen LogP contribution in [-0.2, 0) is 0 Å². The molecular formula is C19H24O4. The molecule has 0 aromatic heterocycles. The van der Waals surface area contributed by atoms with Crippen LogP contribution in [0.4, 0.5) is 0 Å². The maximum Gasteiger partial charge on any atom is 0.126 e. The second-order valence-electron chi connectivity index (χ2n) is 4.40. The Morgan fingerprint density at radius 2 is 1.30 bits per heavy atom. The molecule has 0 radical (unpaired) electrons. The summed E-state index contributed by atoms with van der Waals surface area (Å²) in [6, 6.07) is 10.8. The maximum absolute atomic E-state index is 9.92. The van der Waals surface area contributed by atoms with Gasteiger partial charge in [-0.25, -0.2) is 0 Å². The largest absolute Gasteiger partial charge is 0.507 e. The molecule has 0 aliphatic carbocycles. The van der Waals surface area contributed by atoms with Crippen molar-refractivity contribution in [2.24, 2.45) is 0 Å². The highest BCUT2D eigenvalue weighted by Crippen LogP contribution is 2.27. The highest BCUT2D eigenvalue weighted by atomic mass is 16.5. The van der Waals surface area contributed by atoms with Gasteiger partial charge in [0.1, 0.15) is 23.0 Å². The molecule has 0 unspecified atom stereocenters. The van der Waals surface area contributed by atoms with E-state index >= 15 is 0 Å². The van der Waals surface area contributed by atoms with Crippen LogP contribution in [-0.4, -0.2) is 26.4 Å². The van der Waals surface area contributed by atoms with Gasteiger partial charge in [-0.15, -0.1) is 0 Å². The van der Waals surface area contributed by atoms with Crippen LogP contribution < -0.4 is 14.2 Å². The summed E-state index contributed by atoms with van der Waals surface area (Å²) in [6.07, 6.45) is 3.70. The molecule has 124 valence electrons. The van der Waals surface area contributed by atoms with Gasteiger partial charge in [-0.05, 0) is 29.8 Å². The predicted molar refractivity (Wildman–Crippen MR) is 94.5 cm³/mol. The molecule has 0 amide bonds. The van der Waals surface area contributed by atoms with Crippen LogP contribution in [0.25, 0.3) is 12.2 Å². The second kappa shape index (κ2) is 9.41. The number of aromatic hydroxyl groups is 1. The van der Waals surface area contributed by atoms with Crippen LogP contribution in [0.1, 0.15) is 25.0 Å². The Kier molecular flexibility index (Phi) is 7.54. The third-order valence-electron chi connectivity index (χ3n) is 3.07. The molecular weight excluding hydrogens is 292 g/mol. The first-order valence-electron chi connectivity index (χ1n) is 7.44. The lowest BCUT2D eigenvalue weighted by atomic mass is 10.1. The molecule has 4 nitrogen and oxygen atoms in total. The summed E-state index contributed by atoms with van der Waals surface area (Å²) < 4.78 is 15.5. The molecule has 4 heteroatoms. The molecule has 0 aliphatic rings. The standard InChI is InChI=1S/C17H18O4.C2H6/c1-19-14-7-6-13(17(18)11-14)5-4-12-8-15(20-2)10-16(9-12)21-3;1-2/h4-11,18H,1-3H3;1-2H3/b5-4+;. The zero-order valence-electron chi connectivity index (χ0n) is 14.3. The molecule has 1 N–H and O–H groups in total. The highest BCUT2D eigenvalue weighted by Gasteiger charge is 2.02. The summed E-state index contributed by atoms with van der Waals surface area (Å²) >= 11 is 0. The average molecular weight is 316 g/mol. The number of methoxy groups -OCH3 is 3. The molecule has 0 fully saturated rings. The molecule has 2 rings (SSSR count). The smallest absolute Gasteiger partial charge is 0.126 e. The lowest BCUT2D eigenvalue weighted by molar-refractivity contribution is 0.394. The first-order chi connectivity index (χ1) is 11.2. The Bertz CT molecular complexity index is 626. The van der Waals surface area contributed by atoms with Crippen LogP contribution in [0.15, 0.2) is 36.4 Å². The fourth-order valence-corrected chi connectivity index (χ4v) is 1.90. The molecule has 2 aromatic rings. The Labute approximate surface area is 137 Å². The number of phenolic OH excluding ortho intramolecular Hbond substituents is 1. The first-order valence-corrected chi connectivity index (χ1v) is 7.44. The van der Waals surface area contributed by atoms with Crippen LogP contribution in [0.5, 0.6) is 23.0 Å². The Morgan fingerprint density at radius 1 is 0.739 bits per heavy atom. The van der Waals surface area contributed by atoms with Crippen molar-refractivity contribution < 1.29 is 19.3 Å². The molecule has 2 aromatic carbocycles. The van der Waals surface area contributed by atoms with Crippen LogP contribution in [0, 0.1) is 0 Å². The molecule has 23 heavy (non-hydrogen) atoms. The van der Waals surface area contributed by atoms with E-state index in [0.717, 1.165) is 5.56 Å². The molecule has 0 saturated carbocycles. The van der Waals surface area contributed by atoms with E-state index in [9.17, 15) is 5.11 Å². The molecule has 0 heterocycles. The molecule has 0 bridgehead atoms. The summed E-state index contributed by atoms with van der Waals surface area (Å²) in [6.45, 7) is 4.00. The third-order valence-corrected chi connectivity index (χ3v) is 3.07.